The number of unbranched alkanes of at least 4 members (excludes halogenated alkanes) is 2. The lowest BCUT2D eigenvalue weighted by atomic mass is 10.1. The van der Waals surface area contributed by atoms with E-state index in [1.807, 2.05) is 25.1 Å². The number of hydrogen-bond donors (Lipinski definition) is 1. The summed E-state index contributed by atoms with van der Waals surface area (Å²) < 4.78 is 2.11. The highest BCUT2D eigenvalue weighted by atomic mass is 16.2. The number of amides is 2. The van der Waals surface area contributed by atoms with Crippen LogP contribution in [-0.2, 0) is 22.6 Å². The van der Waals surface area contributed by atoms with E-state index < -0.39 is 0 Å². The molecule has 0 spiro atoms. The van der Waals surface area contributed by atoms with Crippen LogP contribution >= 0.6 is 0 Å². The Balaban J connectivity index is 2.07. The molecule has 1 aromatic carbocycles. The molecular weight excluding hydrogens is 400 g/mol. The van der Waals surface area contributed by atoms with Crippen LogP contribution in [0.5, 0.6) is 0 Å². The lowest BCUT2D eigenvalue weighted by Crippen LogP contribution is -2.45. The van der Waals surface area contributed by atoms with Gasteiger partial charge in [-0.1, -0.05) is 39.3 Å². The topological polar surface area (TPSA) is 67.2 Å². The number of aryl methyl sites for hydroxylation is 1. The van der Waals surface area contributed by atoms with Gasteiger partial charge < -0.3 is 14.8 Å². The van der Waals surface area contributed by atoms with Crippen LogP contribution in [-0.4, -0.2) is 44.9 Å². The smallest absolute Gasteiger partial charge is 0.243 e. The Kier molecular flexibility index (Phi) is 10.7. The van der Waals surface area contributed by atoms with E-state index in [1.54, 1.807) is 0 Å². The summed E-state index contributed by atoms with van der Waals surface area (Å²) in [6.45, 7) is 11.6. The van der Waals surface area contributed by atoms with Crippen LogP contribution in [0.25, 0.3) is 11.0 Å². The molecule has 0 aliphatic heterocycles. The predicted octanol–water partition coefficient (Wildman–Crippen LogP) is 5.09. The Labute approximate surface area is 193 Å². The quantitative estimate of drug-likeness (QED) is 0.414. The van der Waals surface area contributed by atoms with Crippen LogP contribution in [0.2, 0.25) is 0 Å². The molecule has 0 saturated heterocycles. The minimum absolute atomic E-state index is 0.139. The second-order valence-electron chi connectivity index (χ2n) is 8.83. The first-order valence-electron chi connectivity index (χ1n) is 12.4. The van der Waals surface area contributed by atoms with E-state index in [4.69, 9.17) is 4.98 Å². The van der Waals surface area contributed by atoms with E-state index >= 15 is 0 Å². The molecule has 0 saturated carbocycles. The Bertz CT molecular complexity index is 851. The molecule has 6 nitrogen and oxygen atoms in total. The van der Waals surface area contributed by atoms with Gasteiger partial charge in [0, 0.05) is 31.5 Å². The Morgan fingerprint density at radius 3 is 2.38 bits per heavy atom. The highest BCUT2D eigenvalue weighted by Crippen LogP contribution is 2.20. The second-order valence-corrected chi connectivity index (χ2v) is 8.83. The molecule has 2 atom stereocenters. The largest absolute Gasteiger partial charge is 0.356 e. The number of nitrogens with zero attached hydrogens (tertiary/aromatic N) is 3. The first-order valence-corrected chi connectivity index (χ1v) is 12.4. The van der Waals surface area contributed by atoms with Gasteiger partial charge in [0.05, 0.1) is 11.0 Å². The van der Waals surface area contributed by atoms with Crippen molar-refractivity contribution < 1.29 is 9.59 Å². The van der Waals surface area contributed by atoms with Gasteiger partial charge in [0.2, 0.25) is 11.8 Å². The maximum atomic E-state index is 13.4. The van der Waals surface area contributed by atoms with Gasteiger partial charge in [0.25, 0.3) is 0 Å². The standard InChI is InChI=1S/C26H42N4O2/c1-6-14-25(31)27-18-13-9-10-17-24-28-22-15-11-12-16-23(22)29(24)19-26(32)30(20(4)7-2)21(5)8-3/h11-12,15-16,20-21H,6-10,13-14,17-19H2,1-5H3,(H,27,31). The maximum absolute atomic E-state index is 13.4. The van der Waals surface area contributed by atoms with Crippen molar-refractivity contribution in [3.63, 3.8) is 0 Å². The fourth-order valence-corrected chi connectivity index (χ4v) is 4.16. The SMILES string of the molecule is CCCC(=O)NCCCCCc1nc2ccccc2n1CC(=O)N(C(C)CC)C(C)CC. The molecule has 2 amide bonds. The van der Waals surface area contributed by atoms with Crippen LogP contribution in [0, 0.1) is 0 Å². The Morgan fingerprint density at radius 2 is 1.72 bits per heavy atom. The van der Waals surface area contributed by atoms with Crippen molar-refractivity contribution >= 4 is 22.8 Å². The Hall–Kier alpha value is -2.37. The van der Waals surface area contributed by atoms with E-state index in [2.05, 4.69) is 48.5 Å². The monoisotopic (exact) mass is 442 g/mol. The lowest BCUT2D eigenvalue weighted by molar-refractivity contribution is -0.136. The zero-order valence-corrected chi connectivity index (χ0v) is 20.7. The molecule has 32 heavy (non-hydrogen) atoms. The molecule has 0 aliphatic rings. The summed E-state index contributed by atoms with van der Waals surface area (Å²) >= 11 is 0. The minimum Gasteiger partial charge on any atom is -0.356 e. The van der Waals surface area contributed by atoms with Crippen LogP contribution in [0.15, 0.2) is 24.3 Å². The van der Waals surface area contributed by atoms with Crippen LogP contribution in [0.4, 0.5) is 0 Å². The fourth-order valence-electron chi connectivity index (χ4n) is 4.16. The van der Waals surface area contributed by atoms with Crippen molar-refractivity contribution in [1.82, 2.24) is 19.8 Å². The van der Waals surface area contributed by atoms with E-state index in [-0.39, 0.29) is 23.9 Å². The third-order valence-electron chi connectivity index (χ3n) is 6.32. The molecule has 1 N–H and O–H groups in total. The number of carbonyl (C=O) groups excluding carboxylic acids is 2. The number of nitrogens with one attached hydrogen (secondary N) is 1. The molecule has 0 radical (unpaired) electrons. The van der Waals surface area contributed by atoms with E-state index in [0.29, 0.717) is 13.0 Å². The highest BCUT2D eigenvalue weighted by molar-refractivity contribution is 5.81. The van der Waals surface area contributed by atoms with Gasteiger partial charge >= 0.3 is 0 Å². The molecule has 1 aromatic heterocycles. The van der Waals surface area contributed by atoms with Crippen molar-refractivity contribution in [2.24, 2.45) is 0 Å². The van der Waals surface area contributed by atoms with Gasteiger partial charge in [-0.15, -0.1) is 0 Å². The molecule has 2 aromatic rings. The molecule has 1 heterocycles. The first-order chi connectivity index (χ1) is 15.4. The van der Waals surface area contributed by atoms with Crippen molar-refractivity contribution in [1.29, 1.82) is 0 Å². The van der Waals surface area contributed by atoms with Crippen LogP contribution in [0.1, 0.15) is 85.4 Å². The Morgan fingerprint density at radius 1 is 1.03 bits per heavy atom. The van der Waals surface area contributed by atoms with Crippen LogP contribution < -0.4 is 5.32 Å². The number of carbonyl (C=O) groups is 2. The third-order valence-corrected chi connectivity index (χ3v) is 6.32. The number of aromatic nitrogens is 2. The summed E-state index contributed by atoms with van der Waals surface area (Å²) in [7, 11) is 0. The van der Waals surface area contributed by atoms with Crippen LogP contribution in [0.3, 0.4) is 0 Å². The number of benzene rings is 1. The third kappa shape index (κ3) is 7.07. The fraction of sp³-hybridized carbons (Fsp3) is 0.654. The predicted molar refractivity (Wildman–Crippen MR) is 132 cm³/mol. The number of imidazole rings is 1. The van der Waals surface area contributed by atoms with Crippen molar-refractivity contribution in [2.45, 2.75) is 105 Å². The van der Waals surface area contributed by atoms with Gasteiger partial charge in [-0.25, -0.2) is 4.98 Å². The zero-order valence-electron chi connectivity index (χ0n) is 20.7. The van der Waals surface area contributed by atoms with Gasteiger partial charge in [0.15, 0.2) is 0 Å². The molecule has 2 rings (SSSR count). The summed E-state index contributed by atoms with van der Waals surface area (Å²) in [6.07, 6.45) is 7.18. The molecule has 0 bridgehead atoms. The zero-order chi connectivity index (χ0) is 23.5. The van der Waals surface area contributed by atoms with Gasteiger partial charge in [-0.2, -0.15) is 0 Å². The average molecular weight is 443 g/mol. The van der Waals surface area contributed by atoms with E-state index in [9.17, 15) is 9.59 Å². The van der Waals surface area contributed by atoms with Crippen molar-refractivity contribution in [3.05, 3.63) is 30.1 Å². The first kappa shape index (κ1) is 25.9. The molecule has 6 heteroatoms. The molecule has 0 fully saturated rings. The summed E-state index contributed by atoms with van der Waals surface area (Å²) in [6, 6.07) is 8.52. The molecule has 2 unspecified atom stereocenters. The van der Waals surface area contributed by atoms with Gasteiger partial charge in [-0.05, 0) is 58.1 Å². The summed E-state index contributed by atoms with van der Waals surface area (Å²) in [4.78, 5) is 31.9. The maximum Gasteiger partial charge on any atom is 0.243 e. The van der Waals surface area contributed by atoms with E-state index in [0.717, 1.165) is 68.3 Å². The second kappa shape index (κ2) is 13.2. The number of rotatable bonds is 14. The molecule has 178 valence electrons. The van der Waals surface area contributed by atoms with Crippen molar-refractivity contribution in [3.8, 4) is 0 Å². The lowest BCUT2D eigenvalue weighted by Gasteiger charge is -2.34. The van der Waals surface area contributed by atoms with E-state index in [1.165, 1.54) is 0 Å². The highest BCUT2D eigenvalue weighted by Gasteiger charge is 2.25. The van der Waals surface area contributed by atoms with Crippen molar-refractivity contribution in [2.75, 3.05) is 6.54 Å². The number of fused-ring (bicyclic) bond motifs is 1. The molecular formula is C26H42N4O2. The summed E-state index contributed by atoms with van der Waals surface area (Å²) in [5.74, 6) is 1.28. The molecule has 0 aliphatic carbocycles. The number of para-hydroxylation sites is 2. The minimum atomic E-state index is 0.139. The van der Waals surface area contributed by atoms with Gasteiger partial charge in [-0.3, -0.25) is 9.59 Å². The summed E-state index contributed by atoms with van der Waals surface area (Å²) in [5.41, 5.74) is 1.97. The normalized spacial score (nSPS) is 13.2. The summed E-state index contributed by atoms with van der Waals surface area (Å²) in [5, 5.41) is 2.98. The van der Waals surface area contributed by atoms with Gasteiger partial charge in [0.1, 0.15) is 12.4 Å². The number of hydrogen-bond acceptors (Lipinski definition) is 3. The average Bonchev–Trinajstić information content (AvgIpc) is 3.13.